The van der Waals surface area contributed by atoms with Crippen LogP contribution in [0.25, 0.3) is 0 Å². The van der Waals surface area contributed by atoms with Crippen LogP contribution in [0.1, 0.15) is 35.9 Å². The minimum absolute atomic E-state index is 0.0313. The normalized spacial score (nSPS) is 12.4. The Kier molecular flexibility index (Phi) is 10.0. The van der Waals surface area contributed by atoms with Crippen molar-refractivity contribution in [3.8, 4) is 0 Å². The molecule has 0 aliphatic rings. The Morgan fingerprint density at radius 2 is 1.84 bits per heavy atom. The van der Waals surface area contributed by atoms with E-state index in [4.69, 9.17) is 4.74 Å². The molecular weight excluding hydrogens is 550 g/mol. The summed E-state index contributed by atoms with van der Waals surface area (Å²) >= 11 is 4.24. The molecular formula is C17H20I2N2O4. The van der Waals surface area contributed by atoms with E-state index < -0.39 is 17.9 Å². The molecule has 0 saturated heterocycles. The predicted octanol–water partition coefficient (Wildman–Crippen LogP) is 4.23. The van der Waals surface area contributed by atoms with E-state index in [0.717, 1.165) is 5.56 Å². The van der Waals surface area contributed by atoms with Crippen molar-refractivity contribution in [2.45, 2.75) is 19.9 Å². The third kappa shape index (κ3) is 6.24. The Labute approximate surface area is 170 Å². The summed E-state index contributed by atoms with van der Waals surface area (Å²) < 4.78 is 11.6. The number of rotatable bonds is 6. The van der Waals surface area contributed by atoms with Gasteiger partial charge in [0.05, 0.1) is 31.6 Å². The van der Waals surface area contributed by atoms with Crippen LogP contribution in [-0.4, -0.2) is 35.2 Å². The van der Waals surface area contributed by atoms with Crippen LogP contribution in [0.3, 0.4) is 0 Å². The van der Waals surface area contributed by atoms with Crippen molar-refractivity contribution in [3.05, 3.63) is 54.1 Å². The molecule has 6 nitrogen and oxygen atoms in total. The molecule has 2 aromatic rings. The van der Waals surface area contributed by atoms with Gasteiger partial charge in [0.1, 0.15) is 12.3 Å². The number of hydrogen-bond donors (Lipinski definition) is 0. The van der Waals surface area contributed by atoms with E-state index in [9.17, 15) is 9.59 Å². The van der Waals surface area contributed by atoms with Gasteiger partial charge in [0.15, 0.2) is 0 Å². The number of aromatic nitrogens is 2. The van der Waals surface area contributed by atoms with Gasteiger partial charge in [0.2, 0.25) is 0 Å². The van der Waals surface area contributed by atoms with Crippen molar-refractivity contribution < 1.29 is 19.1 Å². The number of nitrogens with zero attached hydrogens (tertiary/aromatic N) is 2. The molecule has 0 N–H and O–H groups in total. The van der Waals surface area contributed by atoms with E-state index in [1.165, 1.54) is 13.3 Å². The Hall–Kier alpha value is -1.17. The lowest BCUT2D eigenvalue weighted by molar-refractivity contribution is -0.146. The minimum atomic E-state index is -0.513. The summed E-state index contributed by atoms with van der Waals surface area (Å²) in [5.74, 6) is -1.43. The van der Waals surface area contributed by atoms with E-state index in [0.29, 0.717) is 5.69 Å². The first kappa shape index (κ1) is 21.9. The predicted molar refractivity (Wildman–Crippen MR) is 112 cm³/mol. The molecule has 0 unspecified atom stereocenters. The first-order valence-corrected chi connectivity index (χ1v) is 13.8. The smallest absolute Gasteiger partial charge is 0.356 e. The lowest BCUT2D eigenvalue weighted by Crippen LogP contribution is -2.22. The third-order valence-electron chi connectivity index (χ3n) is 3.64. The summed E-state index contributed by atoms with van der Waals surface area (Å²) in [6.45, 7) is 3.59. The van der Waals surface area contributed by atoms with E-state index in [1.807, 2.05) is 37.3 Å². The molecule has 0 aliphatic heterocycles. The van der Waals surface area contributed by atoms with Crippen LogP contribution in [-0.2, 0) is 14.3 Å². The molecule has 2 atom stereocenters. The van der Waals surface area contributed by atoms with Gasteiger partial charge in [-0.25, -0.2) is 9.78 Å². The maximum atomic E-state index is 12.2. The molecule has 0 bridgehead atoms. The Morgan fingerprint density at radius 3 is 2.44 bits per heavy atom. The standard InChI is InChI=1S/C17H20N2O4.I2/c1-12(16(20)22-3)10-23-17(21)15-9-18-11-19(15)13(2)14-7-5-4-6-8-14;1-2/h4-9,11-13H,10H2,1-3H3;/t12-,13-;/m1./s1. The number of carbonyl (C=O) groups is 2. The number of benzene rings is 1. The zero-order valence-corrected chi connectivity index (χ0v) is 18.5. The molecule has 2 rings (SSSR count). The number of ether oxygens (including phenoxy) is 2. The second-order valence-corrected chi connectivity index (χ2v) is 5.30. The zero-order valence-electron chi connectivity index (χ0n) is 14.2. The highest BCUT2D eigenvalue weighted by atomic mass is 128. The number of hydrogen-bond acceptors (Lipinski definition) is 5. The van der Waals surface area contributed by atoms with E-state index in [2.05, 4.69) is 47.0 Å². The third-order valence-corrected chi connectivity index (χ3v) is 3.64. The van der Waals surface area contributed by atoms with Crippen molar-refractivity contribution >= 4 is 49.2 Å². The van der Waals surface area contributed by atoms with Gasteiger partial charge in [0.25, 0.3) is 0 Å². The highest BCUT2D eigenvalue weighted by Gasteiger charge is 2.21. The van der Waals surface area contributed by atoms with E-state index in [-0.39, 0.29) is 12.6 Å². The van der Waals surface area contributed by atoms with Crippen molar-refractivity contribution in [3.63, 3.8) is 0 Å². The van der Waals surface area contributed by atoms with Gasteiger partial charge in [-0.2, -0.15) is 0 Å². The molecule has 1 aromatic heterocycles. The topological polar surface area (TPSA) is 70.4 Å². The van der Waals surface area contributed by atoms with Gasteiger partial charge in [-0.1, -0.05) is 30.3 Å². The Bertz CT molecular complexity index is 676. The molecule has 8 heteroatoms. The SMILES string of the molecule is COC(=O)[C@H](C)COC(=O)c1cncn1[C@H](C)c1ccccc1.II. The van der Waals surface area contributed by atoms with Crippen LogP contribution < -0.4 is 0 Å². The molecule has 0 amide bonds. The number of esters is 2. The summed E-state index contributed by atoms with van der Waals surface area (Å²) in [6, 6.07) is 9.74. The lowest BCUT2D eigenvalue weighted by Gasteiger charge is -2.17. The number of methoxy groups -OCH3 is 1. The highest BCUT2D eigenvalue weighted by molar-refractivity contribution is 15.0. The molecule has 25 heavy (non-hydrogen) atoms. The fourth-order valence-electron chi connectivity index (χ4n) is 2.21. The second kappa shape index (κ2) is 11.4. The first-order chi connectivity index (χ1) is 12.0. The molecule has 0 aliphatic carbocycles. The van der Waals surface area contributed by atoms with Crippen LogP contribution in [0.5, 0.6) is 0 Å². The highest BCUT2D eigenvalue weighted by Crippen LogP contribution is 2.19. The van der Waals surface area contributed by atoms with Crippen LogP contribution in [0.2, 0.25) is 0 Å². The average Bonchev–Trinajstić information content (AvgIpc) is 3.16. The van der Waals surface area contributed by atoms with Crippen LogP contribution in [0, 0.1) is 5.92 Å². The number of imidazole rings is 1. The number of carbonyl (C=O) groups excluding carboxylic acids is 2. The number of halogens is 2. The van der Waals surface area contributed by atoms with Gasteiger partial charge in [0, 0.05) is 37.2 Å². The summed E-state index contributed by atoms with van der Waals surface area (Å²) in [4.78, 5) is 27.6. The quantitative estimate of drug-likeness (QED) is 0.385. The van der Waals surface area contributed by atoms with Crippen LogP contribution >= 0.6 is 37.2 Å². The van der Waals surface area contributed by atoms with Gasteiger partial charge < -0.3 is 14.0 Å². The molecule has 1 heterocycles. The van der Waals surface area contributed by atoms with Gasteiger partial charge in [-0.05, 0) is 19.4 Å². The van der Waals surface area contributed by atoms with Crippen molar-refractivity contribution in [2.24, 2.45) is 5.92 Å². The molecule has 1 aromatic carbocycles. The van der Waals surface area contributed by atoms with E-state index >= 15 is 0 Å². The van der Waals surface area contributed by atoms with Gasteiger partial charge in [-0.15, -0.1) is 0 Å². The fourth-order valence-corrected chi connectivity index (χ4v) is 2.21. The lowest BCUT2D eigenvalue weighted by atomic mass is 10.1. The van der Waals surface area contributed by atoms with E-state index in [1.54, 1.807) is 17.8 Å². The van der Waals surface area contributed by atoms with Crippen LogP contribution in [0.4, 0.5) is 0 Å². The zero-order chi connectivity index (χ0) is 18.8. The Balaban J connectivity index is 0.00000151. The summed E-state index contributed by atoms with van der Waals surface area (Å²) in [5, 5.41) is 0. The maximum Gasteiger partial charge on any atom is 0.356 e. The van der Waals surface area contributed by atoms with Crippen molar-refractivity contribution in [1.29, 1.82) is 0 Å². The van der Waals surface area contributed by atoms with Crippen molar-refractivity contribution in [2.75, 3.05) is 13.7 Å². The minimum Gasteiger partial charge on any atom is -0.469 e. The molecule has 0 spiro atoms. The average molecular weight is 570 g/mol. The van der Waals surface area contributed by atoms with Crippen LogP contribution in [0.15, 0.2) is 42.9 Å². The summed E-state index contributed by atoms with van der Waals surface area (Å²) in [5.41, 5.74) is 1.40. The fraction of sp³-hybridized carbons (Fsp3) is 0.353. The maximum absolute atomic E-state index is 12.2. The first-order valence-electron chi connectivity index (χ1n) is 7.50. The Morgan fingerprint density at radius 1 is 1.20 bits per heavy atom. The molecule has 136 valence electrons. The van der Waals surface area contributed by atoms with Gasteiger partial charge >= 0.3 is 11.9 Å². The van der Waals surface area contributed by atoms with Crippen molar-refractivity contribution in [1.82, 2.24) is 9.55 Å². The van der Waals surface area contributed by atoms with Gasteiger partial charge in [-0.3, -0.25) is 4.79 Å². The largest absolute Gasteiger partial charge is 0.469 e. The summed E-state index contributed by atoms with van der Waals surface area (Å²) in [7, 11) is 1.30. The summed E-state index contributed by atoms with van der Waals surface area (Å²) in [6.07, 6.45) is 3.06. The molecule has 0 fully saturated rings. The monoisotopic (exact) mass is 570 g/mol. The molecule has 0 radical (unpaired) electrons. The second-order valence-electron chi connectivity index (χ2n) is 5.30. The molecule has 0 saturated carbocycles.